The zero-order valence-electron chi connectivity index (χ0n) is 7.84. The topological polar surface area (TPSA) is 12.5 Å². The number of likely N-dealkylation sites (N-methyl/N-ethyl adjacent to an activating group) is 1. The molecule has 2 heteroatoms. The molecular formula is C9H19NO. The maximum absolute atomic E-state index is 5.63. The third-order valence-electron chi connectivity index (χ3n) is 2.04. The molecule has 1 aliphatic heterocycles. The number of rotatable bonds is 4. The Morgan fingerprint density at radius 2 is 2.09 bits per heavy atom. The molecule has 11 heavy (non-hydrogen) atoms. The average Bonchev–Trinajstić information content (AvgIpc) is 1.84. The first kappa shape index (κ1) is 9.01. The maximum atomic E-state index is 5.63. The van der Waals surface area contributed by atoms with Crippen LogP contribution in [0.5, 0.6) is 0 Å². The third-order valence-corrected chi connectivity index (χ3v) is 2.04. The predicted molar refractivity (Wildman–Crippen MR) is 46.7 cm³/mol. The van der Waals surface area contributed by atoms with Crippen LogP contribution < -0.4 is 0 Å². The molecule has 0 saturated carbocycles. The van der Waals surface area contributed by atoms with Gasteiger partial charge in [-0.3, -0.25) is 4.90 Å². The highest BCUT2D eigenvalue weighted by Gasteiger charge is 2.25. The van der Waals surface area contributed by atoms with E-state index in [-0.39, 0.29) is 0 Å². The molecule has 0 aliphatic carbocycles. The van der Waals surface area contributed by atoms with Gasteiger partial charge in [-0.05, 0) is 12.5 Å². The lowest BCUT2D eigenvalue weighted by molar-refractivity contribution is -0.0603. The second-order valence-electron chi connectivity index (χ2n) is 3.70. The summed E-state index contributed by atoms with van der Waals surface area (Å²) in [6.45, 7) is 10.9. The normalized spacial score (nSPS) is 20.7. The van der Waals surface area contributed by atoms with Gasteiger partial charge in [0.05, 0.1) is 6.10 Å². The van der Waals surface area contributed by atoms with Gasteiger partial charge in [-0.15, -0.1) is 0 Å². The molecule has 0 spiro atoms. The van der Waals surface area contributed by atoms with Gasteiger partial charge in [0, 0.05) is 19.7 Å². The molecule has 0 atom stereocenters. The van der Waals surface area contributed by atoms with Crippen LogP contribution in [0.4, 0.5) is 0 Å². The summed E-state index contributed by atoms with van der Waals surface area (Å²) in [4.78, 5) is 2.39. The molecule has 66 valence electrons. The second-order valence-corrected chi connectivity index (χ2v) is 3.70. The van der Waals surface area contributed by atoms with Crippen molar-refractivity contribution < 1.29 is 4.74 Å². The summed E-state index contributed by atoms with van der Waals surface area (Å²) in [6.07, 6.45) is 0.525. The van der Waals surface area contributed by atoms with E-state index in [1.54, 1.807) is 0 Å². The first-order valence-corrected chi connectivity index (χ1v) is 4.56. The van der Waals surface area contributed by atoms with Crippen molar-refractivity contribution in [2.75, 3.05) is 26.2 Å². The molecular weight excluding hydrogens is 138 g/mol. The van der Waals surface area contributed by atoms with Gasteiger partial charge >= 0.3 is 0 Å². The predicted octanol–water partition coefficient (Wildman–Crippen LogP) is 1.36. The van der Waals surface area contributed by atoms with Crippen molar-refractivity contribution in [1.29, 1.82) is 0 Å². The zero-order chi connectivity index (χ0) is 8.27. The van der Waals surface area contributed by atoms with Crippen LogP contribution in [0.2, 0.25) is 0 Å². The van der Waals surface area contributed by atoms with Crippen molar-refractivity contribution in [3.05, 3.63) is 0 Å². The Labute approximate surface area is 69.5 Å². The lowest BCUT2D eigenvalue weighted by atomic mass is 10.1. The fourth-order valence-electron chi connectivity index (χ4n) is 1.21. The minimum atomic E-state index is 0.525. The van der Waals surface area contributed by atoms with E-state index in [4.69, 9.17) is 4.74 Å². The van der Waals surface area contributed by atoms with Gasteiger partial charge in [0.2, 0.25) is 0 Å². The van der Waals surface area contributed by atoms with Gasteiger partial charge < -0.3 is 4.74 Å². The molecule has 0 amide bonds. The number of nitrogens with zero attached hydrogens (tertiary/aromatic N) is 1. The number of ether oxygens (including phenoxy) is 1. The van der Waals surface area contributed by atoms with Crippen LogP contribution in [0.1, 0.15) is 20.8 Å². The summed E-state index contributed by atoms with van der Waals surface area (Å²) in [5, 5.41) is 0. The number of likely N-dealkylation sites (tertiary alicyclic amines) is 1. The molecule has 0 bridgehead atoms. The summed E-state index contributed by atoms with van der Waals surface area (Å²) in [5.74, 6) is 0.672. The minimum absolute atomic E-state index is 0.525. The van der Waals surface area contributed by atoms with Crippen molar-refractivity contribution in [2.45, 2.75) is 26.9 Å². The van der Waals surface area contributed by atoms with Gasteiger partial charge in [0.25, 0.3) is 0 Å². The van der Waals surface area contributed by atoms with Gasteiger partial charge in [-0.1, -0.05) is 20.8 Å². The third kappa shape index (κ3) is 2.80. The molecule has 0 aromatic rings. The Balaban J connectivity index is 1.96. The van der Waals surface area contributed by atoms with Crippen molar-refractivity contribution in [3.63, 3.8) is 0 Å². The molecule has 0 aromatic heterocycles. The first-order chi connectivity index (χ1) is 5.22. The van der Waals surface area contributed by atoms with Crippen LogP contribution in [0, 0.1) is 5.92 Å². The number of hydrogen-bond donors (Lipinski definition) is 0. The zero-order valence-corrected chi connectivity index (χ0v) is 7.84. The fourth-order valence-corrected chi connectivity index (χ4v) is 1.21. The minimum Gasteiger partial charge on any atom is -0.375 e. The van der Waals surface area contributed by atoms with E-state index in [1.165, 1.54) is 6.54 Å². The summed E-state index contributed by atoms with van der Waals surface area (Å²) >= 11 is 0. The Morgan fingerprint density at radius 1 is 1.45 bits per heavy atom. The van der Waals surface area contributed by atoms with Crippen molar-refractivity contribution >= 4 is 0 Å². The van der Waals surface area contributed by atoms with Crippen molar-refractivity contribution in [1.82, 2.24) is 4.90 Å². The fraction of sp³-hybridized carbons (Fsp3) is 1.00. The summed E-state index contributed by atoms with van der Waals surface area (Å²) in [5.41, 5.74) is 0. The molecule has 1 saturated heterocycles. The lowest BCUT2D eigenvalue weighted by Gasteiger charge is -2.38. The van der Waals surface area contributed by atoms with E-state index in [2.05, 4.69) is 25.7 Å². The molecule has 0 aromatic carbocycles. The summed E-state index contributed by atoms with van der Waals surface area (Å²) in [6, 6.07) is 0. The Bertz CT molecular complexity index is 108. The van der Waals surface area contributed by atoms with Crippen LogP contribution in [0.3, 0.4) is 0 Å². The van der Waals surface area contributed by atoms with E-state index in [9.17, 15) is 0 Å². The molecule has 1 heterocycles. The van der Waals surface area contributed by atoms with Crippen LogP contribution in [0.25, 0.3) is 0 Å². The number of hydrogen-bond acceptors (Lipinski definition) is 2. The average molecular weight is 157 g/mol. The Morgan fingerprint density at radius 3 is 2.55 bits per heavy atom. The van der Waals surface area contributed by atoms with E-state index in [0.29, 0.717) is 12.0 Å². The van der Waals surface area contributed by atoms with Gasteiger partial charge in [-0.2, -0.15) is 0 Å². The lowest BCUT2D eigenvalue weighted by Crippen LogP contribution is -2.52. The van der Waals surface area contributed by atoms with Gasteiger partial charge in [0.15, 0.2) is 0 Å². The highest BCUT2D eigenvalue weighted by atomic mass is 16.5. The van der Waals surface area contributed by atoms with E-state index in [1.807, 2.05) is 0 Å². The van der Waals surface area contributed by atoms with Crippen LogP contribution >= 0.6 is 0 Å². The second kappa shape index (κ2) is 4.07. The smallest absolute Gasteiger partial charge is 0.0828 e. The molecule has 1 aliphatic rings. The van der Waals surface area contributed by atoms with Crippen LogP contribution in [-0.2, 0) is 4.74 Å². The van der Waals surface area contributed by atoms with Crippen molar-refractivity contribution in [3.8, 4) is 0 Å². The molecule has 0 unspecified atom stereocenters. The van der Waals surface area contributed by atoms with E-state index < -0.39 is 0 Å². The SMILES string of the molecule is CCN1CC(OCC(C)C)C1. The van der Waals surface area contributed by atoms with Gasteiger partial charge in [-0.25, -0.2) is 0 Å². The molecule has 2 nitrogen and oxygen atoms in total. The Hall–Kier alpha value is -0.0800. The standard InChI is InChI=1S/C9H19NO/c1-4-10-5-9(6-10)11-7-8(2)3/h8-9H,4-7H2,1-3H3. The molecule has 1 rings (SSSR count). The van der Waals surface area contributed by atoms with Crippen LogP contribution in [-0.4, -0.2) is 37.2 Å². The van der Waals surface area contributed by atoms with E-state index >= 15 is 0 Å². The monoisotopic (exact) mass is 157 g/mol. The van der Waals surface area contributed by atoms with Crippen molar-refractivity contribution in [2.24, 2.45) is 5.92 Å². The molecule has 0 N–H and O–H groups in total. The van der Waals surface area contributed by atoms with Gasteiger partial charge in [0.1, 0.15) is 0 Å². The highest BCUT2D eigenvalue weighted by Crippen LogP contribution is 2.11. The largest absolute Gasteiger partial charge is 0.375 e. The Kier molecular flexibility index (Phi) is 3.34. The summed E-state index contributed by atoms with van der Waals surface area (Å²) in [7, 11) is 0. The first-order valence-electron chi connectivity index (χ1n) is 4.56. The molecule has 0 radical (unpaired) electrons. The van der Waals surface area contributed by atoms with E-state index in [0.717, 1.165) is 19.7 Å². The quantitative estimate of drug-likeness (QED) is 0.611. The maximum Gasteiger partial charge on any atom is 0.0828 e. The van der Waals surface area contributed by atoms with Crippen LogP contribution in [0.15, 0.2) is 0 Å². The summed E-state index contributed by atoms with van der Waals surface area (Å²) < 4.78 is 5.63. The highest BCUT2D eigenvalue weighted by molar-refractivity contribution is 4.79. The molecule has 1 fully saturated rings.